The van der Waals surface area contributed by atoms with Gasteiger partial charge in [0.05, 0.1) is 0 Å². The number of hydrogen-bond acceptors (Lipinski definition) is 2. The van der Waals surface area contributed by atoms with Gasteiger partial charge in [-0.05, 0) is 47.9 Å². The number of benzene rings is 2. The number of rotatable bonds is 5. The summed E-state index contributed by atoms with van der Waals surface area (Å²) < 4.78 is 2.25. The molecular weight excluding hydrogens is 298 g/mol. The van der Waals surface area contributed by atoms with Crippen LogP contribution in [0, 0.1) is 5.92 Å². The third-order valence-corrected chi connectivity index (χ3v) is 4.04. The van der Waals surface area contributed by atoms with Crippen molar-refractivity contribution < 1.29 is 4.79 Å². The summed E-state index contributed by atoms with van der Waals surface area (Å²) in [5, 5.41) is 4.09. The standard InChI is InChI=1S/C20H23N3O/c1-14(2)13-23-10-9-17-11-18(7-8-19(17)23)22-20(24)16-5-3-15(12-21)4-6-16/h3-11,14H,12-13,21H2,1-2H3,(H,22,24). The lowest BCUT2D eigenvalue weighted by Crippen LogP contribution is -2.12. The highest BCUT2D eigenvalue weighted by Crippen LogP contribution is 2.22. The molecule has 0 bridgehead atoms. The lowest BCUT2D eigenvalue weighted by molar-refractivity contribution is 0.102. The molecule has 0 saturated heterocycles. The Hall–Kier alpha value is -2.59. The van der Waals surface area contributed by atoms with Crippen molar-refractivity contribution in [1.82, 2.24) is 4.57 Å². The average molecular weight is 321 g/mol. The third kappa shape index (κ3) is 3.49. The number of fused-ring (bicyclic) bond motifs is 1. The fourth-order valence-electron chi connectivity index (χ4n) is 2.83. The first kappa shape index (κ1) is 16.3. The largest absolute Gasteiger partial charge is 0.347 e. The third-order valence-electron chi connectivity index (χ3n) is 4.04. The summed E-state index contributed by atoms with van der Waals surface area (Å²) in [6.45, 7) is 5.88. The number of aromatic nitrogens is 1. The minimum Gasteiger partial charge on any atom is -0.347 e. The summed E-state index contributed by atoms with van der Waals surface area (Å²) in [4.78, 5) is 12.4. The Morgan fingerprint density at radius 1 is 1.12 bits per heavy atom. The predicted molar refractivity (Wildman–Crippen MR) is 99.1 cm³/mol. The van der Waals surface area contributed by atoms with Crippen LogP contribution in [0.1, 0.15) is 29.8 Å². The summed E-state index contributed by atoms with van der Waals surface area (Å²) >= 11 is 0. The van der Waals surface area contributed by atoms with Gasteiger partial charge >= 0.3 is 0 Å². The summed E-state index contributed by atoms with van der Waals surface area (Å²) in [6, 6.07) is 15.5. The van der Waals surface area contributed by atoms with Gasteiger partial charge in [0.2, 0.25) is 0 Å². The first-order chi connectivity index (χ1) is 11.6. The van der Waals surface area contributed by atoms with E-state index in [2.05, 4.69) is 42.1 Å². The maximum atomic E-state index is 12.4. The average Bonchev–Trinajstić information content (AvgIpc) is 2.96. The summed E-state index contributed by atoms with van der Waals surface area (Å²) in [5.74, 6) is 0.482. The van der Waals surface area contributed by atoms with Crippen molar-refractivity contribution >= 4 is 22.5 Å². The number of hydrogen-bond donors (Lipinski definition) is 2. The van der Waals surface area contributed by atoms with Gasteiger partial charge in [0.15, 0.2) is 0 Å². The molecule has 0 unspecified atom stereocenters. The normalized spacial score (nSPS) is 11.2. The molecule has 0 radical (unpaired) electrons. The van der Waals surface area contributed by atoms with Gasteiger partial charge in [0, 0.05) is 41.4 Å². The highest BCUT2D eigenvalue weighted by molar-refractivity contribution is 6.05. The molecule has 0 fully saturated rings. The molecule has 0 aliphatic carbocycles. The molecule has 3 aromatic rings. The van der Waals surface area contributed by atoms with Crippen molar-refractivity contribution in [3.8, 4) is 0 Å². The van der Waals surface area contributed by atoms with Crippen LogP contribution in [-0.4, -0.2) is 10.5 Å². The van der Waals surface area contributed by atoms with Crippen LogP contribution < -0.4 is 11.1 Å². The molecule has 124 valence electrons. The van der Waals surface area contributed by atoms with E-state index in [4.69, 9.17) is 5.73 Å². The van der Waals surface area contributed by atoms with Gasteiger partial charge in [-0.25, -0.2) is 0 Å². The predicted octanol–water partition coefficient (Wildman–Crippen LogP) is 4.01. The van der Waals surface area contributed by atoms with Crippen molar-refractivity contribution in [3.05, 3.63) is 65.9 Å². The minimum absolute atomic E-state index is 0.112. The van der Waals surface area contributed by atoms with Crippen molar-refractivity contribution in [2.75, 3.05) is 5.32 Å². The van der Waals surface area contributed by atoms with Crippen LogP contribution in [-0.2, 0) is 13.1 Å². The Balaban J connectivity index is 1.78. The number of carbonyl (C=O) groups is 1. The van der Waals surface area contributed by atoms with Crippen LogP contribution in [0.4, 0.5) is 5.69 Å². The van der Waals surface area contributed by atoms with Crippen LogP contribution >= 0.6 is 0 Å². The topological polar surface area (TPSA) is 60.0 Å². The number of nitrogens with one attached hydrogen (secondary N) is 1. The molecule has 0 aliphatic rings. The van der Waals surface area contributed by atoms with Crippen LogP contribution in [0.3, 0.4) is 0 Å². The summed E-state index contributed by atoms with van der Waals surface area (Å²) in [6.07, 6.45) is 2.10. The Kier molecular flexibility index (Phi) is 4.67. The molecule has 0 spiro atoms. The van der Waals surface area contributed by atoms with Crippen molar-refractivity contribution in [1.29, 1.82) is 0 Å². The number of anilines is 1. The molecule has 3 rings (SSSR count). The smallest absolute Gasteiger partial charge is 0.255 e. The molecular formula is C20H23N3O. The number of carbonyl (C=O) groups excluding carboxylic acids is 1. The first-order valence-electron chi connectivity index (χ1n) is 8.26. The molecule has 1 aromatic heterocycles. The van der Waals surface area contributed by atoms with Crippen molar-refractivity contribution in [3.63, 3.8) is 0 Å². The quantitative estimate of drug-likeness (QED) is 0.746. The second kappa shape index (κ2) is 6.89. The molecule has 1 amide bonds. The zero-order chi connectivity index (χ0) is 17.1. The second-order valence-corrected chi connectivity index (χ2v) is 6.49. The minimum atomic E-state index is -0.112. The zero-order valence-corrected chi connectivity index (χ0v) is 14.1. The van der Waals surface area contributed by atoms with E-state index < -0.39 is 0 Å². The Labute approximate surface area is 142 Å². The Morgan fingerprint density at radius 3 is 2.54 bits per heavy atom. The molecule has 0 atom stereocenters. The number of amides is 1. The van der Waals surface area contributed by atoms with E-state index in [1.807, 2.05) is 24.3 Å². The lowest BCUT2D eigenvalue weighted by atomic mass is 10.1. The summed E-state index contributed by atoms with van der Waals surface area (Å²) in [7, 11) is 0. The Morgan fingerprint density at radius 2 is 1.88 bits per heavy atom. The summed E-state index contributed by atoms with van der Waals surface area (Å²) in [5.41, 5.74) is 9.22. The molecule has 0 aliphatic heterocycles. The zero-order valence-electron chi connectivity index (χ0n) is 14.1. The van der Waals surface area contributed by atoms with E-state index in [0.29, 0.717) is 18.0 Å². The fraction of sp³-hybridized carbons (Fsp3) is 0.250. The number of nitrogens with zero attached hydrogens (tertiary/aromatic N) is 1. The highest BCUT2D eigenvalue weighted by atomic mass is 16.1. The van der Waals surface area contributed by atoms with E-state index in [1.165, 1.54) is 5.52 Å². The van der Waals surface area contributed by atoms with Gasteiger partial charge in [0.1, 0.15) is 0 Å². The van der Waals surface area contributed by atoms with Crippen molar-refractivity contribution in [2.45, 2.75) is 26.9 Å². The van der Waals surface area contributed by atoms with Crippen LogP contribution in [0.15, 0.2) is 54.7 Å². The van der Waals surface area contributed by atoms with E-state index in [-0.39, 0.29) is 5.91 Å². The monoisotopic (exact) mass is 321 g/mol. The molecule has 4 heteroatoms. The molecule has 24 heavy (non-hydrogen) atoms. The number of nitrogens with two attached hydrogens (primary N) is 1. The fourth-order valence-corrected chi connectivity index (χ4v) is 2.83. The highest BCUT2D eigenvalue weighted by Gasteiger charge is 2.08. The maximum Gasteiger partial charge on any atom is 0.255 e. The molecule has 2 aromatic carbocycles. The second-order valence-electron chi connectivity index (χ2n) is 6.49. The van der Waals surface area contributed by atoms with Crippen LogP contribution in [0.5, 0.6) is 0 Å². The van der Waals surface area contributed by atoms with E-state index in [0.717, 1.165) is 23.2 Å². The van der Waals surface area contributed by atoms with Gasteiger partial charge in [-0.15, -0.1) is 0 Å². The first-order valence-corrected chi connectivity index (χ1v) is 8.26. The SMILES string of the molecule is CC(C)Cn1ccc2cc(NC(=O)c3ccc(CN)cc3)ccc21. The lowest BCUT2D eigenvalue weighted by Gasteiger charge is -2.09. The molecule has 0 saturated carbocycles. The van der Waals surface area contributed by atoms with Crippen molar-refractivity contribution in [2.24, 2.45) is 11.7 Å². The van der Waals surface area contributed by atoms with Gasteiger partial charge in [0.25, 0.3) is 5.91 Å². The van der Waals surface area contributed by atoms with Gasteiger partial charge in [-0.3, -0.25) is 4.79 Å². The van der Waals surface area contributed by atoms with Crippen LogP contribution in [0.2, 0.25) is 0 Å². The molecule has 4 nitrogen and oxygen atoms in total. The van der Waals surface area contributed by atoms with Crippen LogP contribution in [0.25, 0.3) is 10.9 Å². The maximum absolute atomic E-state index is 12.4. The van der Waals surface area contributed by atoms with Gasteiger partial charge in [-0.2, -0.15) is 0 Å². The van der Waals surface area contributed by atoms with E-state index >= 15 is 0 Å². The molecule has 3 N–H and O–H groups in total. The van der Waals surface area contributed by atoms with Gasteiger partial charge < -0.3 is 15.6 Å². The van der Waals surface area contributed by atoms with E-state index in [1.54, 1.807) is 12.1 Å². The molecule has 1 heterocycles. The Bertz CT molecular complexity index is 847. The van der Waals surface area contributed by atoms with E-state index in [9.17, 15) is 4.79 Å². The van der Waals surface area contributed by atoms with Gasteiger partial charge in [-0.1, -0.05) is 26.0 Å².